The lowest BCUT2D eigenvalue weighted by molar-refractivity contribution is -0.436. The van der Waals surface area contributed by atoms with Gasteiger partial charge in [-0.15, -0.1) is 0 Å². The van der Waals surface area contributed by atoms with Gasteiger partial charge in [0.2, 0.25) is 10.3 Å². The minimum Gasteiger partial charge on any atom is -0.489 e. The Morgan fingerprint density at radius 1 is 1.40 bits per heavy atom. The van der Waals surface area contributed by atoms with Crippen LogP contribution in [0.15, 0.2) is 23.7 Å². The van der Waals surface area contributed by atoms with Gasteiger partial charge in [0, 0.05) is 20.1 Å². The van der Waals surface area contributed by atoms with Gasteiger partial charge in [-0.1, -0.05) is 0 Å². The normalized spacial score (nSPS) is 20.3. The molecule has 0 aromatic rings. The lowest BCUT2D eigenvalue weighted by atomic mass is 10.2. The molecule has 1 unspecified atom stereocenters. The van der Waals surface area contributed by atoms with Crippen molar-refractivity contribution in [2.45, 2.75) is 30.9 Å². The highest BCUT2D eigenvalue weighted by Crippen LogP contribution is 2.28. The van der Waals surface area contributed by atoms with Crippen LogP contribution in [0.25, 0.3) is 0 Å². The van der Waals surface area contributed by atoms with Crippen molar-refractivity contribution in [2.24, 2.45) is 0 Å². The Bertz CT molecular complexity index is 587. The van der Waals surface area contributed by atoms with Gasteiger partial charge in [-0.05, 0) is 60.8 Å². The largest absolute Gasteiger partial charge is 0.489 e. The quantitative estimate of drug-likeness (QED) is 0.304. The number of halogens is 1. The van der Waals surface area contributed by atoms with Crippen LogP contribution in [0.2, 0.25) is 0 Å². The molecule has 9 nitrogen and oxygen atoms in total. The van der Waals surface area contributed by atoms with Crippen LogP contribution in [0.1, 0.15) is 20.8 Å². The highest BCUT2D eigenvalue weighted by Gasteiger charge is 2.40. The second-order valence-electron chi connectivity index (χ2n) is 6.63. The molecule has 1 aliphatic heterocycles. The molecule has 1 rings (SSSR count). The fourth-order valence-corrected chi connectivity index (χ4v) is 2.45. The van der Waals surface area contributed by atoms with Crippen molar-refractivity contribution in [1.82, 2.24) is 15.1 Å². The van der Waals surface area contributed by atoms with Gasteiger partial charge in [-0.25, -0.2) is 10.1 Å². The summed E-state index contributed by atoms with van der Waals surface area (Å²) in [5.74, 6) is -0.103. The summed E-state index contributed by atoms with van der Waals surface area (Å²) in [6, 6.07) is 0. The number of ether oxygens (including phenoxy) is 2. The van der Waals surface area contributed by atoms with E-state index in [0.29, 0.717) is 13.1 Å². The smallest absolute Gasteiger partial charge is 0.410 e. The van der Waals surface area contributed by atoms with E-state index < -0.39 is 21.2 Å². The summed E-state index contributed by atoms with van der Waals surface area (Å²) in [5.41, 5.74) is -0.566. The Morgan fingerprint density at radius 2 is 2.00 bits per heavy atom. The number of carbonyl (C=O) groups is 1. The zero-order chi connectivity index (χ0) is 19.4. The van der Waals surface area contributed by atoms with Crippen LogP contribution in [0.4, 0.5) is 4.79 Å². The Labute approximate surface area is 155 Å². The first-order valence-electron chi connectivity index (χ1n) is 7.64. The fraction of sp³-hybridized carbons (Fsp3) is 0.667. The van der Waals surface area contributed by atoms with Crippen LogP contribution in [0, 0.1) is 10.1 Å². The van der Waals surface area contributed by atoms with Gasteiger partial charge in [-0.2, -0.15) is 0 Å². The Hall–Kier alpha value is -1.81. The van der Waals surface area contributed by atoms with Gasteiger partial charge in [-0.3, -0.25) is 4.90 Å². The van der Waals surface area contributed by atoms with Crippen LogP contribution in [-0.4, -0.2) is 65.3 Å². The number of carbonyl (C=O) groups excluding carboxylic acids is 1. The van der Waals surface area contributed by atoms with Crippen molar-refractivity contribution in [3.8, 4) is 0 Å². The molecule has 25 heavy (non-hydrogen) atoms. The van der Waals surface area contributed by atoms with E-state index in [1.807, 2.05) is 0 Å². The number of hydrogen-bond donors (Lipinski definition) is 1. The van der Waals surface area contributed by atoms with Crippen LogP contribution in [0.5, 0.6) is 0 Å². The average Bonchev–Trinajstić information content (AvgIpc) is 2.50. The molecule has 1 atom stereocenters. The summed E-state index contributed by atoms with van der Waals surface area (Å²) in [4.78, 5) is 25.9. The molecule has 0 bridgehead atoms. The molecular weight excluding hydrogens is 396 g/mol. The van der Waals surface area contributed by atoms with E-state index >= 15 is 0 Å². The van der Waals surface area contributed by atoms with Crippen molar-refractivity contribution < 1.29 is 19.2 Å². The van der Waals surface area contributed by atoms with Gasteiger partial charge in [0.05, 0.1) is 7.11 Å². The number of nitrogens with one attached hydrogen (secondary N) is 1. The molecule has 0 saturated carbocycles. The molecular formula is C15H25BrN4O5. The number of amides is 1. The molecule has 0 saturated heterocycles. The summed E-state index contributed by atoms with van der Waals surface area (Å²) >= 11 is 3.46. The zero-order valence-corrected chi connectivity index (χ0v) is 16.9. The Morgan fingerprint density at radius 3 is 2.48 bits per heavy atom. The van der Waals surface area contributed by atoms with E-state index in [9.17, 15) is 14.9 Å². The van der Waals surface area contributed by atoms with Crippen LogP contribution < -0.4 is 5.32 Å². The summed E-state index contributed by atoms with van der Waals surface area (Å²) in [5, 5.41) is 14.0. The van der Waals surface area contributed by atoms with Gasteiger partial charge >= 0.3 is 11.9 Å². The van der Waals surface area contributed by atoms with Gasteiger partial charge in [0.15, 0.2) is 0 Å². The first-order chi connectivity index (χ1) is 11.4. The van der Waals surface area contributed by atoms with Gasteiger partial charge < -0.3 is 24.5 Å². The number of allylic oxidation sites excluding steroid dienone is 1. The molecule has 1 amide bonds. The lowest BCUT2D eigenvalue weighted by Crippen LogP contribution is -2.55. The maximum absolute atomic E-state index is 12.0. The van der Waals surface area contributed by atoms with Crippen LogP contribution in [-0.2, 0) is 9.47 Å². The average molecular weight is 421 g/mol. The van der Waals surface area contributed by atoms with E-state index in [2.05, 4.69) is 21.2 Å². The Kier molecular flexibility index (Phi) is 6.83. The van der Waals surface area contributed by atoms with Gasteiger partial charge in [0.25, 0.3) is 0 Å². The topological polar surface area (TPSA) is 97.2 Å². The number of dihydropyridines is 1. The first kappa shape index (κ1) is 21.2. The van der Waals surface area contributed by atoms with Crippen molar-refractivity contribution in [1.29, 1.82) is 0 Å². The molecule has 1 aliphatic rings. The van der Waals surface area contributed by atoms with Crippen molar-refractivity contribution >= 4 is 22.0 Å². The van der Waals surface area contributed by atoms with E-state index in [4.69, 9.17) is 9.47 Å². The predicted molar refractivity (Wildman–Crippen MR) is 96.5 cm³/mol. The lowest BCUT2D eigenvalue weighted by Gasteiger charge is -2.34. The molecule has 0 spiro atoms. The predicted octanol–water partition coefficient (Wildman–Crippen LogP) is 2.09. The SMILES string of the molecule is COC1=C([N+](=O)[O-])NC(Br)(N(C)CCN(C)C(=O)OC(C)(C)C)C=C1. The number of methoxy groups -OCH3 is 1. The number of nitrogens with zero attached hydrogens (tertiary/aromatic N) is 3. The number of nitro groups is 1. The number of rotatable bonds is 6. The molecule has 142 valence electrons. The zero-order valence-electron chi connectivity index (χ0n) is 15.3. The van der Waals surface area contributed by atoms with Crippen LogP contribution in [0.3, 0.4) is 0 Å². The third-order valence-corrected chi connectivity index (χ3v) is 4.48. The Balaban J connectivity index is 2.70. The number of likely N-dealkylation sites (N-methyl/N-ethyl adjacent to an activating group) is 2. The second-order valence-corrected chi connectivity index (χ2v) is 7.84. The highest BCUT2D eigenvalue weighted by molar-refractivity contribution is 9.10. The molecule has 1 N–H and O–H groups in total. The number of hydrogen-bond acceptors (Lipinski definition) is 7. The minimum absolute atomic E-state index is 0.138. The van der Waals surface area contributed by atoms with Crippen LogP contribution >= 0.6 is 15.9 Å². The molecule has 0 aromatic carbocycles. The summed E-state index contributed by atoms with van der Waals surface area (Å²) in [6.45, 7) is 6.21. The third kappa shape index (κ3) is 5.89. The highest BCUT2D eigenvalue weighted by atomic mass is 79.9. The van der Waals surface area contributed by atoms with E-state index in [1.165, 1.54) is 18.1 Å². The van der Waals surface area contributed by atoms with Crippen molar-refractivity contribution in [3.05, 3.63) is 33.8 Å². The summed E-state index contributed by atoms with van der Waals surface area (Å²) < 4.78 is 9.32. The second kappa shape index (κ2) is 8.05. The van der Waals surface area contributed by atoms with Gasteiger partial charge in [0.1, 0.15) is 5.60 Å². The first-order valence-corrected chi connectivity index (χ1v) is 8.43. The van der Waals surface area contributed by atoms with E-state index in [1.54, 1.807) is 45.8 Å². The third-order valence-electron chi connectivity index (χ3n) is 3.42. The molecule has 0 radical (unpaired) electrons. The molecule has 0 fully saturated rings. The number of alkyl halides is 1. The van der Waals surface area contributed by atoms with E-state index in [0.717, 1.165) is 0 Å². The molecule has 0 aromatic heterocycles. The standard InChI is InChI=1S/C15H25BrN4O5/c1-14(2,3)25-13(21)18(4)9-10-19(5)15(16)8-7-11(24-6)12(17-15)20(22)23/h7-8,17H,9-10H2,1-6H3. The molecule has 1 heterocycles. The molecule has 0 aliphatic carbocycles. The fourth-order valence-electron chi connectivity index (χ4n) is 1.95. The molecule has 10 heteroatoms. The summed E-state index contributed by atoms with van der Waals surface area (Å²) in [7, 11) is 4.77. The maximum atomic E-state index is 12.0. The summed E-state index contributed by atoms with van der Waals surface area (Å²) in [6.07, 6.45) is 2.80. The van der Waals surface area contributed by atoms with E-state index in [-0.39, 0.29) is 11.6 Å². The van der Waals surface area contributed by atoms with Crippen molar-refractivity contribution in [3.63, 3.8) is 0 Å². The monoisotopic (exact) mass is 420 g/mol. The minimum atomic E-state index is -0.966. The van der Waals surface area contributed by atoms with Crippen molar-refractivity contribution in [2.75, 3.05) is 34.3 Å². The maximum Gasteiger partial charge on any atom is 0.410 e.